The van der Waals surface area contributed by atoms with Crippen LogP contribution in [0, 0.1) is 5.82 Å². The van der Waals surface area contributed by atoms with Crippen molar-refractivity contribution in [2.24, 2.45) is 0 Å². The second-order valence-electron chi connectivity index (χ2n) is 4.60. The van der Waals surface area contributed by atoms with Gasteiger partial charge in [0.15, 0.2) is 0 Å². The highest BCUT2D eigenvalue weighted by Crippen LogP contribution is 2.07. The lowest BCUT2D eigenvalue weighted by molar-refractivity contribution is -0.145. The molecule has 21 heavy (non-hydrogen) atoms. The van der Waals surface area contributed by atoms with E-state index in [1.807, 2.05) is 0 Å². The molecule has 3 amide bonds. The van der Waals surface area contributed by atoms with E-state index in [1.54, 1.807) is 6.07 Å². The number of halogens is 1. The van der Waals surface area contributed by atoms with Crippen molar-refractivity contribution in [2.45, 2.75) is 19.4 Å². The molecule has 1 aromatic rings. The first-order valence-corrected chi connectivity index (χ1v) is 6.54. The average Bonchev–Trinajstić information content (AvgIpc) is 2.77. The lowest BCUT2D eigenvalue weighted by atomic mass is 10.2. The first-order chi connectivity index (χ1) is 10.1. The van der Waals surface area contributed by atoms with Crippen molar-refractivity contribution < 1.29 is 23.5 Å². The minimum atomic E-state index is -0.452. The Morgan fingerprint density at radius 1 is 1.38 bits per heavy atom. The number of urea groups is 1. The summed E-state index contributed by atoms with van der Waals surface area (Å²) in [5, 5.41) is 2.40. The third kappa shape index (κ3) is 4.27. The van der Waals surface area contributed by atoms with E-state index in [4.69, 9.17) is 4.74 Å². The normalized spacial score (nSPS) is 14.2. The predicted octanol–water partition coefficient (Wildman–Crippen LogP) is 1.20. The third-order valence-corrected chi connectivity index (χ3v) is 2.99. The average molecular weight is 294 g/mol. The van der Waals surface area contributed by atoms with E-state index in [9.17, 15) is 18.8 Å². The highest BCUT2D eigenvalue weighted by molar-refractivity contribution is 6.01. The van der Waals surface area contributed by atoms with Crippen LogP contribution in [0.2, 0.25) is 0 Å². The highest BCUT2D eigenvalue weighted by atomic mass is 19.1. The number of amides is 3. The molecule has 1 fully saturated rings. The summed E-state index contributed by atoms with van der Waals surface area (Å²) >= 11 is 0. The van der Waals surface area contributed by atoms with E-state index >= 15 is 0 Å². The Labute approximate surface area is 120 Å². The fourth-order valence-electron chi connectivity index (χ4n) is 1.93. The number of ether oxygens (including phenoxy) is 1. The smallest absolute Gasteiger partial charge is 0.324 e. The number of nitrogens with zero attached hydrogens (tertiary/aromatic N) is 1. The molecule has 1 aliphatic heterocycles. The van der Waals surface area contributed by atoms with E-state index < -0.39 is 12.0 Å². The second-order valence-corrected chi connectivity index (χ2v) is 4.60. The predicted molar refractivity (Wildman–Crippen MR) is 70.5 cm³/mol. The number of hydrogen-bond acceptors (Lipinski definition) is 4. The van der Waals surface area contributed by atoms with Gasteiger partial charge in [0.2, 0.25) is 5.91 Å². The summed E-state index contributed by atoms with van der Waals surface area (Å²) in [6, 6.07) is 5.36. The van der Waals surface area contributed by atoms with E-state index in [-0.39, 0.29) is 37.8 Å². The Hall–Kier alpha value is -2.44. The minimum absolute atomic E-state index is 0.000274. The quantitative estimate of drug-likeness (QED) is 0.632. The van der Waals surface area contributed by atoms with Crippen molar-refractivity contribution in [3.05, 3.63) is 35.6 Å². The van der Waals surface area contributed by atoms with Crippen molar-refractivity contribution in [1.82, 2.24) is 10.2 Å². The summed E-state index contributed by atoms with van der Waals surface area (Å²) in [5.74, 6) is -1.14. The molecule has 0 aromatic heterocycles. The molecule has 112 valence electrons. The molecule has 1 heterocycles. The van der Waals surface area contributed by atoms with E-state index in [1.165, 1.54) is 18.2 Å². The number of carbonyl (C=O) groups excluding carboxylic acids is 3. The van der Waals surface area contributed by atoms with Crippen molar-refractivity contribution in [3.63, 3.8) is 0 Å². The number of rotatable bonds is 6. The van der Waals surface area contributed by atoms with Gasteiger partial charge >= 0.3 is 12.0 Å². The maximum atomic E-state index is 12.9. The molecule has 0 unspecified atom stereocenters. The van der Waals surface area contributed by atoms with Crippen LogP contribution >= 0.6 is 0 Å². The monoisotopic (exact) mass is 294 g/mol. The minimum Gasteiger partial charge on any atom is -0.461 e. The van der Waals surface area contributed by atoms with E-state index in [0.717, 1.165) is 4.90 Å². The zero-order chi connectivity index (χ0) is 15.2. The lowest BCUT2D eigenvalue weighted by Gasteiger charge is -2.11. The van der Waals surface area contributed by atoms with Crippen molar-refractivity contribution >= 4 is 17.9 Å². The van der Waals surface area contributed by atoms with Gasteiger partial charge in [-0.3, -0.25) is 14.5 Å². The van der Waals surface area contributed by atoms with Crippen LogP contribution < -0.4 is 5.32 Å². The first-order valence-electron chi connectivity index (χ1n) is 6.54. The van der Waals surface area contributed by atoms with Gasteiger partial charge in [0, 0.05) is 13.0 Å². The number of esters is 1. The van der Waals surface area contributed by atoms with Gasteiger partial charge < -0.3 is 10.1 Å². The van der Waals surface area contributed by atoms with Gasteiger partial charge in [-0.15, -0.1) is 0 Å². The molecule has 1 N–H and O–H groups in total. The van der Waals surface area contributed by atoms with Crippen LogP contribution in [0.15, 0.2) is 24.3 Å². The van der Waals surface area contributed by atoms with E-state index in [2.05, 4.69) is 5.32 Å². The molecule has 1 aliphatic rings. The molecule has 0 aliphatic carbocycles. The topological polar surface area (TPSA) is 75.7 Å². The van der Waals surface area contributed by atoms with Crippen LogP contribution in [0.1, 0.15) is 18.4 Å². The van der Waals surface area contributed by atoms with Crippen LogP contribution in [0.4, 0.5) is 9.18 Å². The van der Waals surface area contributed by atoms with Crippen LogP contribution in [-0.2, 0) is 20.9 Å². The molecule has 0 radical (unpaired) electrons. The number of nitrogens with one attached hydrogen (secondary N) is 1. The van der Waals surface area contributed by atoms with Crippen LogP contribution in [0.3, 0.4) is 0 Å². The Balaban J connectivity index is 1.68. The zero-order valence-electron chi connectivity index (χ0n) is 11.3. The van der Waals surface area contributed by atoms with Gasteiger partial charge in [-0.2, -0.15) is 0 Å². The Morgan fingerprint density at radius 3 is 2.86 bits per heavy atom. The molecule has 1 saturated heterocycles. The number of carbonyl (C=O) groups is 3. The van der Waals surface area contributed by atoms with Gasteiger partial charge in [0.05, 0.1) is 6.54 Å². The van der Waals surface area contributed by atoms with Gasteiger partial charge in [-0.05, 0) is 24.1 Å². The van der Waals surface area contributed by atoms with Crippen LogP contribution in [0.5, 0.6) is 0 Å². The molecule has 0 bridgehead atoms. The van der Waals surface area contributed by atoms with Gasteiger partial charge in [0.1, 0.15) is 12.4 Å². The molecular weight excluding hydrogens is 279 g/mol. The number of imide groups is 1. The lowest BCUT2D eigenvalue weighted by Crippen LogP contribution is -2.32. The SMILES string of the molecule is O=C(CCCN1C(=O)CNC1=O)OCc1cccc(F)c1. The fraction of sp³-hybridized carbons (Fsp3) is 0.357. The summed E-state index contributed by atoms with van der Waals surface area (Å²) in [6.45, 7) is 0.183. The second kappa shape index (κ2) is 6.83. The Bertz CT molecular complexity index is 546. The van der Waals surface area contributed by atoms with Crippen molar-refractivity contribution in [1.29, 1.82) is 0 Å². The molecule has 0 atom stereocenters. The summed E-state index contributed by atoms with van der Waals surface area (Å²) in [4.78, 5) is 35.1. The summed E-state index contributed by atoms with van der Waals surface area (Å²) in [6.07, 6.45) is 0.424. The number of hydrogen-bond donors (Lipinski definition) is 1. The van der Waals surface area contributed by atoms with E-state index in [0.29, 0.717) is 12.0 Å². The van der Waals surface area contributed by atoms with Crippen LogP contribution in [-0.4, -0.2) is 35.9 Å². The molecule has 1 aromatic carbocycles. The third-order valence-electron chi connectivity index (χ3n) is 2.99. The van der Waals surface area contributed by atoms with Gasteiger partial charge in [0.25, 0.3) is 0 Å². The number of benzene rings is 1. The van der Waals surface area contributed by atoms with Gasteiger partial charge in [-0.1, -0.05) is 12.1 Å². The van der Waals surface area contributed by atoms with Gasteiger partial charge in [-0.25, -0.2) is 9.18 Å². The molecular formula is C14H15FN2O4. The molecule has 6 nitrogen and oxygen atoms in total. The maximum Gasteiger partial charge on any atom is 0.324 e. The van der Waals surface area contributed by atoms with Crippen LogP contribution in [0.25, 0.3) is 0 Å². The Kier molecular flexibility index (Phi) is 4.86. The van der Waals surface area contributed by atoms with Crippen molar-refractivity contribution in [2.75, 3.05) is 13.1 Å². The Morgan fingerprint density at radius 2 is 2.19 bits per heavy atom. The van der Waals surface area contributed by atoms with Crippen molar-refractivity contribution in [3.8, 4) is 0 Å². The zero-order valence-corrected chi connectivity index (χ0v) is 11.3. The highest BCUT2D eigenvalue weighted by Gasteiger charge is 2.27. The summed E-state index contributed by atoms with van der Waals surface area (Å²) in [5.41, 5.74) is 0.567. The molecule has 2 rings (SSSR count). The summed E-state index contributed by atoms with van der Waals surface area (Å²) < 4.78 is 17.9. The molecule has 0 spiro atoms. The summed E-state index contributed by atoms with van der Waals surface area (Å²) in [7, 11) is 0. The molecule has 7 heteroatoms. The maximum absolute atomic E-state index is 12.9. The first kappa shape index (κ1) is 15.0. The fourth-order valence-corrected chi connectivity index (χ4v) is 1.93. The molecule has 0 saturated carbocycles. The standard InChI is InChI=1S/C14H15FN2O4/c15-11-4-1-3-10(7-11)9-21-13(19)5-2-6-17-12(18)8-16-14(17)20/h1,3-4,7H,2,5-6,8-9H2,(H,16,20). The largest absolute Gasteiger partial charge is 0.461 e.